The highest BCUT2D eigenvalue weighted by molar-refractivity contribution is 5.75. The number of hydrogen-bond acceptors (Lipinski definition) is 4. The number of rotatable bonds is 4. The Morgan fingerprint density at radius 3 is 3.11 bits per heavy atom. The molecule has 1 aliphatic heterocycles. The van der Waals surface area contributed by atoms with E-state index in [4.69, 9.17) is 15.2 Å². The number of fused-ring (bicyclic) bond motifs is 1. The fraction of sp³-hybridized carbons (Fsp3) is 0.500. The number of hydrogen-bond donors (Lipinski definition) is 1. The highest BCUT2D eigenvalue weighted by Gasteiger charge is 2.26. The quantitative estimate of drug-likeness (QED) is 0.827. The number of para-hydroxylation sites is 1. The van der Waals surface area contributed by atoms with Gasteiger partial charge in [0.15, 0.2) is 0 Å². The first kappa shape index (κ1) is 12.9. The van der Waals surface area contributed by atoms with E-state index in [2.05, 4.69) is 0 Å². The van der Waals surface area contributed by atoms with E-state index < -0.39 is 6.04 Å². The molecule has 2 atom stereocenters. The normalized spacial score (nSPS) is 19.6. The molecule has 1 aromatic carbocycles. The van der Waals surface area contributed by atoms with Gasteiger partial charge in [0.2, 0.25) is 0 Å². The van der Waals surface area contributed by atoms with Crippen LogP contribution in [0.5, 0.6) is 5.75 Å². The molecule has 98 valence electrons. The Balaban J connectivity index is 2.05. The van der Waals surface area contributed by atoms with Gasteiger partial charge in [0.05, 0.1) is 13.2 Å². The Hall–Kier alpha value is -1.55. The van der Waals surface area contributed by atoms with Crippen molar-refractivity contribution < 1.29 is 14.3 Å². The molecule has 0 amide bonds. The third-order valence-electron chi connectivity index (χ3n) is 3.21. The van der Waals surface area contributed by atoms with Gasteiger partial charge in [-0.15, -0.1) is 0 Å². The minimum Gasteiger partial charge on any atom is -0.493 e. The van der Waals surface area contributed by atoms with Gasteiger partial charge in [-0.05, 0) is 37.3 Å². The average molecular weight is 249 g/mol. The molecule has 0 saturated carbocycles. The van der Waals surface area contributed by atoms with E-state index in [0.717, 1.165) is 17.7 Å². The van der Waals surface area contributed by atoms with Gasteiger partial charge in [-0.3, -0.25) is 4.79 Å². The van der Waals surface area contributed by atoms with Crippen LogP contribution in [0, 0.1) is 0 Å². The molecule has 1 aliphatic rings. The zero-order chi connectivity index (χ0) is 13.0. The maximum Gasteiger partial charge on any atom is 0.322 e. The lowest BCUT2D eigenvalue weighted by Gasteiger charge is -2.27. The number of benzene rings is 1. The lowest BCUT2D eigenvalue weighted by molar-refractivity contribution is -0.145. The van der Waals surface area contributed by atoms with Crippen LogP contribution >= 0.6 is 0 Å². The zero-order valence-corrected chi connectivity index (χ0v) is 10.6. The molecule has 0 fully saturated rings. The maximum absolute atomic E-state index is 11.6. The molecule has 0 bridgehead atoms. The van der Waals surface area contributed by atoms with Crippen LogP contribution in [0.25, 0.3) is 0 Å². The first-order chi connectivity index (χ1) is 8.72. The van der Waals surface area contributed by atoms with Crippen molar-refractivity contribution in [3.8, 4) is 5.75 Å². The summed E-state index contributed by atoms with van der Waals surface area (Å²) in [5.41, 5.74) is 7.02. The summed E-state index contributed by atoms with van der Waals surface area (Å²) in [4.78, 5) is 11.6. The van der Waals surface area contributed by atoms with E-state index in [1.807, 2.05) is 24.3 Å². The van der Waals surface area contributed by atoms with Crippen molar-refractivity contribution in [2.45, 2.75) is 31.7 Å². The molecule has 4 heteroatoms. The maximum atomic E-state index is 11.6. The molecular weight excluding hydrogens is 230 g/mol. The van der Waals surface area contributed by atoms with Crippen LogP contribution in [-0.2, 0) is 9.53 Å². The number of nitrogens with two attached hydrogens (primary N) is 1. The summed E-state index contributed by atoms with van der Waals surface area (Å²) < 4.78 is 10.5. The molecule has 0 spiro atoms. The Bertz CT molecular complexity index is 419. The van der Waals surface area contributed by atoms with E-state index in [9.17, 15) is 4.79 Å². The molecule has 2 rings (SSSR count). The standard InChI is InChI=1S/C14H19NO3/c1-2-17-14(16)12(15)9-10-7-8-18-13-6-4-3-5-11(10)13/h3-6,10,12H,2,7-9,15H2,1H3. The van der Waals surface area contributed by atoms with Gasteiger partial charge in [-0.1, -0.05) is 18.2 Å². The summed E-state index contributed by atoms with van der Waals surface area (Å²) in [5.74, 6) is 0.862. The van der Waals surface area contributed by atoms with Crippen molar-refractivity contribution in [1.82, 2.24) is 0 Å². The molecule has 0 saturated heterocycles. The number of carbonyl (C=O) groups excluding carboxylic acids is 1. The van der Waals surface area contributed by atoms with Crippen LogP contribution in [0.2, 0.25) is 0 Å². The Kier molecular flexibility index (Phi) is 4.20. The second-order valence-electron chi connectivity index (χ2n) is 4.47. The van der Waals surface area contributed by atoms with E-state index >= 15 is 0 Å². The molecule has 18 heavy (non-hydrogen) atoms. The third kappa shape index (κ3) is 2.82. The lowest BCUT2D eigenvalue weighted by atomic mass is 9.88. The van der Waals surface area contributed by atoms with Gasteiger partial charge in [0, 0.05) is 0 Å². The van der Waals surface area contributed by atoms with Crippen molar-refractivity contribution in [1.29, 1.82) is 0 Å². The van der Waals surface area contributed by atoms with E-state index in [-0.39, 0.29) is 11.9 Å². The minimum absolute atomic E-state index is 0.273. The van der Waals surface area contributed by atoms with Crippen molar-refractivity contribution in [2.75, 3.05) is 13.2 Å². The van der Waals surface area contributed by atoms with Crippen LogP contribution < -0.4 is 10.5 Å². The Labute approximate surface area is 107 Å². The van der Waals surface area contributed by atoms with E-state index in [1.165, 1.54) is 0 Å². The number of esters is 1. The topological polar surface area (TPSA) is 61.5 Å². The zero-order valence-electron chi connectivity index (χ0n) is 10.6. The van der Waals surface area contributed by atoms with Crippen molar-refractivity contribution in [3.05, 3.63) is 29.8 Å². The largest absolute Gasteiger partial charge is 0.493 e. The molecule has 2 unspecified atom stereocenters. The molecule has 1 aromatic rings. The predicted molar refractivity (Wildman–Crippen MR) is 68.5 cm³/mol. The second kappa shape index (κ2) is 5.87. The van der Waals surface area contributed by atoms with Crippen LogP contribution in [-0.4, -0.2) is 25.2 Å². The monoisotopic (exact) mass is 249 g/mol. The lowest BCUT2D eigenvalue weighted by Crippen LogP contribution is -2.34. The van der Waals surface area contributed by atoms with Crippen molar-refractivity contribution >= 4 is 5.97 Å². The Morgan fingerprint density at radius 2 is 2.33 bits per heavy atom. The van der Waals surface area contributed by atoms with Crippen LogP contribution in [0.3, 0.4) is 0 Å². The second-order valence-corrected chi connectivity index (χ2v) is 4.47. The molecule has 0 aromatic heterocycles. The van der Waals surface area contributed by atoms with Crippen LogP contribution in [0.1, 0.15) is 31.2 Å². The molecule has 0 aliphatic carbocycles. The number of carbonyl (C=O) groups is 1. The third-order valence-corrected chi connectivity index (χ3v) is 3.21. The summed E-state index contributed by atoms with van der Waals surface area (Å²) in [6.07, 6.45) is 1.50. The fourth-order valence-electron chi connectivity index (χ4n) is 2.31. The molecule has 0 radical (unpaired) electrons. The molecule has 1 heterocycles. The van der Waals surface area contributed by atoms with Gasteiger partial charge in [0.1, 0.15) is 11.8 Å². The van der Waals surface area contributed by atoms with Crippen LogP contribution in [0.4, 0.5) is 0 Å². The van der Waals surface area contributed by atoms with Crippen molar-refractivity contribution in [3.63, 3.8) is 0 Å². The first-order valence-corrected chi connectivity index (χ1v) is 6.36. The smallest absolute Gasteiger partial charge is 0.322 e. The summed E-state index contributed by atoms with van der Waals surface area (Å²) in [6.45, 7) is 2.84. The molecular formula is C14H19NO3. The fourth-order valence-corrected chi connectivity index (χ4v) is 2.31. The summed E-state index contributed by atoms with van der Waals surface area (Å²) in [6, 6.07) is 7.37. The van der Waals surface area contributed by atoms with Gasteiger partial charge in [0.25, 0.3) is 0 Å². The summed E-state index contributed by atoms with van der Waals surface area (Å²) in [7, 11) is 0. The molecule has 2 N–H and O–H groups in total. The Morgan fingerprint density at radius 1 is 1.56 bits per heavy atom. The highest BCUT2D eigenvalue weighted by atomic mass is 16.5. The van der Waals surface area contributed by atoms with Crippen LogP contribution in [0.15, 0.2) is 24.3 Å². The molecule has 4 nitrogen and oxygen atoms in total. The van der Waals surface area contributed by atoms with Gasteiger partial charge >= 0.3 is 5.97 Å². The predicted octanol–water partition coefficient (Wildman–Crippen LogP) is 1.83. The van der Waals surface area contributed by atoms with Gasteiger partial charge < -0.3 is 15.2 Å². The van der Waals surface area contributed by atoms with Gasteiger partial charge in [-0.2, -0.15) is 0 Å². The summed E-state index contributed by atoms with van der Waals surface area (Å²) in [5, 5.41) is 0. The summed E-state index contributed by atoms with van der Waals surface area (Å²) >= 11 is 0. The van der Waals surface area contributed by atoms with Crippen molar-refractivity contribution in [2.24, 2.45) is 5.73 Å². The number of ether oxygens (including phenoxy) is 2. The van der Waals surface area contributed by atoms with Gasteiger partial charge in [-0.25, -0.2) is 0 Å². The average Bonchev–Trinajstić information content (AvgIpc) is 2.39. The van der Waals surface area contributed by atoms with E-state index in [0.29, 0.717) is 19.6 Å². The SMILES string of the molecule is CCOC(=O)C(N)CC1CCOc2ccccc21. The minimum atomic E-state index is -0.555. The van der Waals surface area contributed by atoms with E-state index in [1.54, 1.807) is 6.92 Å². The highest BCUT2D eigenvalue weighted by Crippen LogP contribution is 2.35. The first-order valence-electron chi connectivity index (χ1n) is 6.36.